The Balaban J connectivity index is 1.61. The second kappa shape index (κ2) is 12.4. The molecule has 1 fully saturated rings. The Morgan fingerprint density at radius 1 is 0.800 bits per heavy atom. The third-order valence-electron chi connectivity index (χ3n) is 7.19. The fourth-order valence-electron chi connectivity index (χ4n) is 5.25. The molecule has 0 N–H and O–H groups in total. The van der Waals surface area contributed by atoms with Gasteiger partial charge in [0.05, 0.1) is 16.8 Å². The SMILES string of the molecule is CCCCCCCCCC[C@@]1([S@](=O)c2ccc(C)cc2)[C@@H](c2ccccc2)N1c1ccc(Br)cc1. The lowest BCUT2D eigenvalue weighted by molar-refractivity contribution is 0.551. The maximum atomic E-state index is 14.4. The van der Waals surface area contributed by atoms with Crippen molar-refractivity contribution in [3.05, 3.63) is 94.5 Å². The highest BCUT2D eigenvalue weighted by Crippen LogP contribution is 2.61. The van der Waals surface area contributed by atoms with Gasteiger partial charge in [0.25, 0.3) is 0 Å². The molecule has 0 unspecified atom stereocenters. The van der Waals surface area contributed by atoms with Crippen molar-refractivity contribution < 1.29 is 4.21 Å². The number of nitrogens with zero attached hydrogens (tertiary/aromatic N) is 1. The molecule has 1 aliphatic heterocycles. The van der Waals surface area contributed by atoms with Gasteiger partial charge in [0.15, 0.2) is 0 Å². The smallest absolute Gasteiger partial charge is 0.146 e. The quantitative estimate of drug-likeness (QED) is 0.156. The molecule has 0 bridgehead atoms. The molecule has 0 saturated carbocycles. The summed E-state index contributed by atoms with van der Waals surface area (Å²) in [6.07, 6.45) is 11.1. The van der Waals surface area contributed by atoms with E-state index in [1.807, 2.05) is 0 Å². The molecule has 3 atom stereocenters. The summed E-state index contributed by atoms with van der Waals surface area (Å²) in [5, 5.41) is 0. The van der Waals surface area contributed by atoms with Crippen LogP contribution < -0.4 is 4.90 Å². The molecule has 186 valence electrons. The van der Waals surface area contributed by atoms with Gasteiger partial charge in [-0.1, -0.05) is 122 Å². The number of unbranched alkanes of at least 4 members (excludes halogenated alkanes) is 7. The van der Waals surface area contributed by atoms with Gasteiger partial charge in [-0.25, -0.2) is 0 Å². The van der Waals surface area contributed by atoms with Crippen LogP contribution in [0.4, 0.5) is 5.69 Å². The summed E-state index contributed by atoms with van der Waals surface area (Å²) in [5.74, 6) is 0. The number of anilines is 1. The van der Waals surface area contributed by atoms with Crippen LogP contribution in [-0.2, 0) is 10.8 Å². The molecule has 4 heteroatoms. The van der Waals surface area contributed by atoms with Crippen molar-refractivity contribution in [1.82, 2.24) is 0 Å². The highest BCUT2D eigenvalue weighted by molar-refractivity contribution is 9.10. The molecule has 1 aliphatic rings. The minimum Gasteiger partial charge on any atom is -0.342 e. The van der Waals surface area contributed by atoms with Crippen molar-refractivity contribution >= 4 is 32.4 Å². The van der Waals surface area contributed by atoms with E-state index in [0.29, 0.717) is 0 Å². The lowest BCUT2D eigenvalue weighted by Gasteiger charge is -2.19. The predicted molar refractivity (Wildman–Crippen MR) is 153 cm³/mol. The number of rotatable bonds is 13. The van der Waals surface area contributed by atoms with Crippen molar-refractivity contribution in [3.63, 3.8) is 0 Å². The van der Waals surface area contributed by atoms with Crippen molar-refractivity contribution in [1.29, 1.82) is 0 Å². The zero-order valence-electron chi connectivity index (χ0n) is 21.1. The van der Waals surface area contributed by atoms with Crippen molar-refractivity contribution in [2.24, 2.45) is 0 Å². The van der Waals surface area contributed by atoms with Crippen LogP contribution in [0.2, 0.25) is 0 Å². The van der Waals surface area contributed by atoms with E-state index in [-0.39, 0.29) is 6.04 Å². The molecule has 1 heterocycles. The largest absolute Gasteiger partial charge is 0.342 e. The summed E-state index contributed by atoms with van der Waals surface area (Å²) in [6, 6.07) is 27.5. The lowest BCUT2D eigenvalue weighted by Crippen LogP contribution is -2.25. The van der Waals surface area contributed by atoms with Crippen LogP contribution in [0.15, 0.2) is 88.2 Å². The Bertz CT molecular complexity index is 1080. The van der Waals surface area contributed by atoms with Gasteiger partial charge in [0.2, 0.25) is 0 Å². The zero-order chi connectivity index (χ0) is 24.7. The van der Waals surface area contributed by atoms with Crippen LogP contribution in [0.1, 0.15) is 81.9 Å². The monoisotopic (exact) mass is 551 g/mol. The second-order valence-corrected chi connectivity index (χ2v) is 12.4. The third kappa shape index (κ3) is 6.09. The summed E-state index contributed by atoms with van der Waals surface area (Å²) in [7, 11) is -1.15. The van der Waals surface area contributed by atoms with E-state index in [9.17, 15) is 4.21 Å². The first-order chi connectivity index (χ1) is 17.1. The second-order valence-electron chi connectivity index (χ2n) is 9.81. The topological polar surface area (TPSA) is 20.1 Å². The van der Waals surface area contributed by atoms with E-state index in [1.54, 1.807) is 0 Å². The Hall–Kier alpha value is -1.91. The fraction of sp³-hybridized carbons (Fsp3) is 0.419. The van der Waals surface area contributed by atoms with Gasteiger partial charge in [-0.15, -0.1) is 0 Å². The van der Waals surface area contributed by atoms with E-state index in [0.717, 1.165) is 27.9 Å². The minimum atomic E-state index is -1.15. The summed E-state index contributed by atoms with van der Waals surface area (Å²) in [6.45, 7) is 4.35. The molecule has 4 rings (SSSR count). The lowest BCUT2D eigenvalue weighted by atomic mass is 10.0. The van der Waals surface area contributed by atoms with Crippen LogP contribution in [0.5, 0.6) is 0 Å². The first-order valence-electron chi connectivity index (χ1n) is 13.2. The molecule has 35 heavy (non-hydrogen) atoms. The van der Waals surface area contributed by atoms with Gasteiger partial charge in [0, 0.05) is 15.1 Å². The van der Waals surface area contributed by atoms with Gasteiger partial charge in [-0.2, -0.15) is 0 Å². The normalized spacial score (nSPS) is 20.1. The number of hydrogen-bond donors (Lipinski definition) is 0. The number of hydrogen-bond acceptors (Lipinski definition) is 2. The summed E-state index contributed by atoms with van der Waals surface area (Å²) >= 11 is 3.58. The molecule has 3 aromatic carbocycles. The van der Waals surface area contributed by atoms with Crippen molar-refractivity contribution in [2.75, 3.05) is 4.90 Å². The number of halogens is 1. The zero-order valence-corrected chi connectivity index (χ0v) is 23.5. The Labute approximate surface area is 222 Å². The summed E-state index contributed by atoms with van der Waals surface area (Å²) in [4.78, 5) is 2.93. The van der Waals surface area contributed by atoms with Gasteiger partial charge < -0.3 is 4.90 Å². The average molecular weight is 553 g/mol. The van der Waals surface area contributed by atoms with Gasteiger partial charge in [-0.3, -0.25) is 4.21 Å². The van der Waals surface area contributed by atoms with Crippen molar-refractivity contribution in [2.45, 2.75) is 87.4 Å². The van der Waals surface area contributed by atoms with E-state index >= 15 is 0 Å². The van der Waals surface area contributed by atoms with Crippen molar-refractivity contribution in [3.8, 4) is 0 Å². The molecule has 0 radical (unpaired) electrons. The van der Waals surface area contributed by atoms with Gasteiger partial charge in [0.1, 0.15) is 4.87 Å². The Morgan fingerprint density at radius 3 is 2.03 bits per heavy atom. The number of benzene rings is 3. The van der Waals surface area contributed by atoms with Crippen LogP contribution >= 0.6 is 15.9 Å². The van der Waals surface area contributed by atoms with E-state index in [1.165, 1.54) is 56.1 Å². The molecule has 1 saturated heterocycles. The Kier molecular flexibility index (Phi) is 9.24. The van der Waals surface area contributed by atoms with Crippen LogP contribution in [-0.4, -0.2) is 9.08 Å². The molecule has 0 aliphatic carbocycles. The van der Waals surface area contributed by atoms with Crippen LogP contribution in [0.25, 0.3) is 0 Å². The maximum absolute atomic E-state index is 14.4. The maximum Gasteiger partial charge on any atom is 0.146 e. The van der Waals surface area contributed by atoms with Crippen LogP contribution in [0.3, 0.4) is 0 Å². The molecular weight excluding hydrogens is 514 g/mol. The summed E-state index contributed by atoms with van der Waals surface area (Å²) < 4.78 is 15.4. The molecule has 2 nitrogen and oxygen atoms in total. The van der Waals surface area contributed by atoms with E-state index in [4.69, 9.17) is 0 Å². The minimum absolute atomic E-state index is 0.108. The standard InChI is InChI=1S/C31H38BrNOS/c1-3-4-5-6-7-8-9-13-24-31(35(34)29-22-16-25(2)17-23-29)30(26-14-11-10-12-15-26)33(31)28-20-18-27(32)19-21-28/h10-12,14-23,30H,3-9,13,24H2,1-2H3/t30-,31-,33?,35-/m1/s1. The van der Waals surface area contributed by atoms with Gasteiger partial charge in [-0.05, 0) is 55.3 Å². The average Bonchev–Trinajstić information content (AvgIpc) is 3.56. The number of aryl methyl sites for hydroxylation is 1. The highest BCUT2D eigenvalue weighted by atomic mass is 79.9. The predicted octanol–water partition coefficient (Wildman–Crippen LogP) is 9.35. The third-order valence-corrected chi connectivity index (χ3v) is 9.69. The highest BCUT2D eigenvalue weighted by Gasteiger charge is 2.67. The van der Waals surface area contributed by atoms with Crippen LogP contribution in [0, 0.1) is 6.92 Å². The van der Waals surface area contributed by atoms with E-state index < -0.39 is 15.7 Å². The molecule has 0 aromatic heterocycles. The molecule has 0 spiro atoms. The van der Waals surface area contributed by atoms with Gasteiger partial charge >= 0.3 is 0 Å². The fourth-order valence-corrected chi connectivity index (χ4v) is 7.41. The van der Waals surface area contributed by atoms with E-state index in [2.05, 4.69) is 114 Å². The summed E-state index contributed by atoms with van der Waals surface area (Å²) in [5.41, 5.74) is 3.58. The molecule has 0 amide bonds. The molecular formula is C31H38BrNOS. The first kappa shape index (κ1) is 26.2. The first-order valence-corrected chi connectivity index (χ1v) is 15.1. The molecule has 3 aromatic rings. The Morgan fingerprint density at radius 2 is 1.40 bits per heavy atom.